The molecule has 0 saturated carbocycles. The van der Waals surface area contributed by atoms with Crippen LogP contribution < -0.4 is 10.6 Å². The van der Waals surface area contributed by atoms with Gasteiger partial charge in [0.2, 0.25) is 0 Å². The Balaban J connectivity index is 1.85. The van der Waals surface area contributed by atoms with Gasteiger partial charge in [0.15, 0.2) is 5.82 Å². The van der Waals surface area contributed by atoms with Crippen LogP contribution in [0.2, 0.25) is 10.0 Å². The van der Waals surface area contributed by atoms with Crippen molar-refractivity contribution >= 4 is 29.0 Å². The Hall–Kier alpha value is -1.23. The fourth-order valence-electron chi connectivity index (χ4n) is 2.45. The summed E-state index contributed by atoms with van der Waals surface area (Å²) in [4.78, 5) is 2.24. The Morgan fingerprint density at radius 1 is 1.25 bits per heavy atom. The van der Waals surface area contributed by atoms with Crippen molar-refractivity contribution in [3.05, 3.63) is 34.3 Å². The number of halogens is 2. The second-order valence-electron chi connectivity index (χ2n) is 5.07. The van der Waals surface area contributed by atoms with Crippen molar-refractivity contribution < 1.29 is 0 Å². The molecule has 0 radical (unpaired) electrons. The van der Waals surface area contributed by atoms with E-state index in [4.69, 9.17) is 28.9 Å². The quantitative estimate of drug-likeness (QED) is 0.894. The van der Waals surface area contributed by atoms with E-state index in [1.54, 1.807) is 6.07 Å². The highest BCUT2D eigenvalue weighted by Gasteiger charge is 2.19. The number of aromatic amines is 1. The van der Waals surface area contributed by atoms with Crippen molar-refractivity contribution in [2.45, 2.75) is 18.9 Å². The molecule has 1 aromatic carbocycles. The van der Waals surface area contributed by atoms with Gasteiger partial charge in [-0.3, -0.25) is 5.10 Å². The summed E-state index contributed by atoms with van der Waals surface area (Å²) < 4.78 is 0. The van der Waals surface area contributed by atoms with E-state index in [1.807, 2.05) is 18.2 Å². The number of hydrogen-bond donors (Lipinski definition) is 2. The second kappa shape index (κ2) is 5.64. The lowest BCUT2D eigenvalue weighted by Gasteiger charge is -2.29. The molecule has 6 heteroatoms. The molecule has 0 bridgehead atoms. The van der Waals surface area contributed by atoms with Crippen molar-refractivity contribution in [3.63, 3.8) is 0 Å². The van der Waals surface area contributed by atoms with E-state index in [0.717, 1.165) is 43.0 Å². The molecule has 0 aliphatic carbocycles. The average Bonchev–Trinajstić information content (AvgIpc) is 2.92. The summed E-state index contributed by atoms with van der Waals surface area (Å²) >= 11 is 12.3. The van der Waals surface area contributed by atoms with Gasteiger partial charge in [0.05, 0.1) is 15.7 Å². The fraction of sp³-hybridized carbons (Fsp3) is 0.357. The van der Waals surface area contributed by atoms with Gasteiger partial charge in [-0.25, -0.2) is 0 Å². The molecule has 1 saturated heterocycles. The van der Waals surface area contributed by atoms with E-state index in [-0.39, 0.29) is 0 Å². The number of anilines is 1. The standard InChI is InChI=1S/C14H16Cl2N4/c15-11-3-1-2-10(14(11)16)12-8-13(19-18-12)20-6-4-9(17)5-7-20/h1-3,8-9H,4-7,17H2,(H,18,19). The summed E-state index contributed by atoms with van der Waals surface area (Å²) in [6.07, 6.45) is 2.00. The normalized spacial score (nSPS) is 16.6. The molecule has 2 heterocycles. The minimum Gasteiger partial charge on any atom is -0.355 e. The highest BCUT2D eigenvalue weighted by atomic mass is 35.5. The van der Waals surface area contributed by atoms with E-state index >= 15 is 0 Å². The van der Waals surface area contributed by atoms with Gasteiger partial charge >= 0.3 is 0 Å². The maximum absolute atomic E-state index is 6.23. The molecule has 1 aliphatic rings. The topological polar surface area (TPSA) is 57.9 Å². The smallest absolute Gasteiger partial charge is 0.150 e. The minimum atomic E-state index is 0.312. The number of aromatic nitrogens is 2. The van der Waals surface area contributed by atoms with Crippen molar-refractivity contribution in [3.8, 4) is 11.3 Å². The zero-order chi connectivity index (χ0) is 14.1. The Labute approximate surface area is 127 Å². The van der Waals surface area contributed by atoms with E-state index in [2.05, 4.69) is 15.1 Å². The van der Waals surface area contributed by atoms with Gasteiger partial charge in [-0.05, 0) is 18.9 Å². The van der Waals surface area contributed by atoms with Crippen molar-refractivity contribution in [2.75, 3.05) is 18.0 Å². The van der Waals surface area contributed by atoms with Crippen LogP contribution >= 0.6 is 23.2 Å². The number of rotatable bonds is 2. The van der Waals surface area contributed by atoms with Crippen LogP contribution in [-0.2, 0) is 0 Å². The third-order valence-corrected chi connectivity index (χ3v) is 4.49. The Morgan fingerprint density at radius 3 is 2.75 bits per heavy atom. The molecule has 20 heavy (non-hydrogen) atoms. The number of piperidine rings is 1. The monoisotopic (exact) mass is 310 g/mol. The molecule has 0 spiro atoms. The average molecular weight is 311 g/mol. The predicted octanol–water partition coefficient (Wildman–Crippen LogP) is 3.31. The lowest BCUT2D eigenvalue weighted by Crippen LogP contribution is -2.39. The Bertz CT molecular complexity index is 603. The number of hydrogen-bond acceptors (Lipinski definition) is 3. The lowest BCUT2D eigenvalue weighted by atomic mass is 10.1. The van der Waals surface area contributed by atoms with Gasteiger partial charge in [0, 0.05) is 30.8 Å². The first-order valence-corrected chi connectivity index (χ1v) is 7.41. The zero-order valence-corrected chi connectivity index (χ0v) is 12.5. The number of nitrogens with two attached hydrogens (primary N) is 1. The maximum Gasteiger partial charge on any atom is 0.150 e. The summed E-state index contributed by atoms with van der Waals surface area (Å²) in [6, 6.07) is 7.90. The Kier molecular flexibility index (Phi) is 3.87. The van der Waals surface area contributed by atoms with Crippen LogP contribution in [0.3, 0.4) is 0 Å². The predicted molar refractivity (Wildman–Crippen MR) is 83.5 cm³/mol. The molecule has 0 atom stereocenters. The maximum atomic E-state index is 6.23. The molecule has 4 nitrogen and oxygen atoms in total. The first-order chi connectivity index (χ1) is 9.65. The minimum absolute atomic E-state index is 0.312. The number of H-pyrrole nitrogens is 1. The van der Waals surface area contributed by atoms with E-state index in [1.165, 1.54) is 0 Å². The highest BCUT2D eigenvalue weighted by molar-refractivity contribution is 6.43. The van der Waals surface area contributed by atoms with E-state index < -0.39 is 0 Å². The second-order valence-corrected chi connectivity index (χ2v) is 5.85. The molecule has 2 aromatic rings. The molecule has 0 unspecified atom stereocenters. The number of benzene rings is 1. The molecular weight excluding hydrogens is 295 g/mol. The first kappa shape index (κ1) is 13.7. The van der Waals surface area contributed by atoms with Gasteiger partial charge in [-0.2, -0.15) is 5.10 Å². The summed E-state index contributed by atoms with van der Waals surface area (Å²) in [6.45, 7) is 1.88. The Morgan fingerprint density at radius 2 is 2.00 bits per heavy atom. The van der Waals surface area contributed by atoms with Crippen molar-refractivity contribution in [1.29, 1.82) is 0 Å². The van der Waals surface area contributed by atoms with Gasteiger partial charge in [0.25, 0.3) is 0 Å². The third kappa shape index (κ3) is 2.64. The zero-order valence-electron chi connectivity index (χ0n) is 10.9. The molecule has 0 amide bonds. The highest BCUT2D eigenvalue weighted by Crippen LogP contribution is 2.33. The molecule has 1 aromatic heterocycles. The summed E-state index contributed by atoms with van der Waals surface area (Å²) in [5.41, 5.74) is 7.67. The van der Waals surface area contributed by atoms with Crippen LogP contribution in [0, 0.1) is 0 Å². The third-order valence-electron chi connectivity index (χ3n) is 3.67. The van der Waals surface area contributed by atoms with Crippen LogP contribution in [0.1, 0.15) is 12.8 Å². The van der Waals surface area contributed by atoms with Crippen LogP contribution in [0.4, 0.5) is 5.82 Å². The fourth-order valence-corrected chi connectivity index (χ4v) is 2.85. The first-order valence-electron chi connectivity index (χ1n) is 6.65. The van der Waals surface area contributed by atoms with Gasteiger partial charge in [0.1, 0.15) is 0 Å². The largest absolute Gasteiger partial charge is 0.355 e. The molecule has 1 aliphatic heterocycles. The SMILES string of the molecule is NC1CCN(c2cc(-c3cccc(Cl)c3Cl)[nH]n2)CC1. The van der Waals surface area contributed by atoms with Crippen LogP contribution in [0.15, 0.2) is 24.3 Å². The molecule has 106 valence electrons. The van der Waals surface area contributed by atoms with Crippen molar-refractivity contribution in [1.82, 2.24) is 10.2 Å². The number of nitrogens with zero attached hydrogens (tertiary/aromatic N) is 2. The van der Waals surface area contributed by atoms with Gasteiger partial charge in [-0.1, -0.05) is 35.3 Å². The van der Waals surface area contributed by atoms with Crippen molar-refractivity contribution in [2.24, 2.45) is 5.73 Å². The summed E-state index contributed by atoms with van der Waals surface area (Å²) in [7, 11) is 0. The molecule has 3 N–H and O–H groups in total. The van der Waals surface area contributed by atoms with Gasteiger partial charge in [-0.15, -0.1) is 0 Å². The van der Waals surface area contributed by atoms with Crippen LogP contribution in [-0.4, -0.2) is 29.3 Å². The van der Waals surface area contributed by atoms with Crippen LogP contribution in [0.5, 0.6) is 0 Å². The van der Waals surface area contributed by atoms with Crippen LogP contribution in [0.25, 0.3) is 11.3 Å². The summed E-state index contributed by atoms with van der Waals surface area (Å²) in [5, 5.41) is 8.49. The van der Waals surface area contributed by atoms with Gasteiger partial charge < -0.3 is 10.6 Å². The lowest BCUT2D eigenvalue weighted by molar-refractivity contribution is 0.498. The molecule has 1 fully saturated rings. The van der Waals surface area contributed by atoms with E-state index in [9.17, 15) is 0 Å². The molecular formula is C14H16Cl2N4. The molecule has 3 rings (SSSR count). The van der Waals surface area contributed by atoms with E-state index in [0.29, 0.717) is 16.1 Å². The summed E-state index contributed by atoms with van der Waals surface area (Å²) in [5.74, 6) is 0.933. The number of nitrogens with one attached hydrogen (secondary N) is 1.